The van der Waals surface area contributed by atoms with Gasteiger partial charge in [0.25, 0.3) is 0 Å². The van der Waals surface area contributed by atoms with Gasteiger partial charge in [0.15, 0.2) is 0 Å². The number of aryl methyl sites for hydroxylation is 1. The van der Waals surface area contributed by atoms with Gasteiger partial charge in [-0.1, -0.05) is 41.0 Å². The number of rotatable bonds is 4. The van der Waals surface area contributed by atoms with Crippen molar-refractivity contribution in [2.75, 3.05) is 5.75 Å². The summed E-state index contributed by atoms with van der Waals surface area (Å²) in [6, 6.07) is 1.61. The van der Waals surface area contributed by atoms with Crippen LogP contribution in [0, 0.1) is 6.92 Å². The quantitative estimate of drug-likeness (QED) is 0.550. The van der Waals surface area contributed by atoms with E-state index in [0.717, 1.165) is 16.9 Å². The van der Waals surface area contributed by atoms with Gasteiger partial charge in [-0.05, 0) is 19.1 Å². The highest BCUT2D eigenvalue weighted by Gasteiger charge is 2.32. The molecule has 0 N–H and O–H groups in total. The van der Waals surface area contributed by atoms with Crippen molar-refractivity contribution in [1.29, 1.82) is 0 Å². The van der Waals surface area contributed by atoms with E-state index in [-0.39, 0.29) is 15.7 Å². The molecule has 22 heavy (non-hydrogen) atoms. The lowest BCUT2D eigenvalue weighted by atomic mass is 10.2. The molecule has 3 nitrogen and oxygen atoms in total. The third-order valence-electron chi connectivity index (χ3n) is 2.62. The van der Waals surface area contributed by atoms with Gasteiger partial charge in [0.1, 0.15) is 10.7 Å². The number of hydrogen-bond acceptors (Lipinski definition) is 3. The van der Waals surface area contributed by atoms with Crippen molar-refractivity contribution in [2.24, 2.45) is 0 Å². The van der Waals surface area contributed by atoms with Crippen LogP contribution in [0.5, 0.6) is 0 Å². The second-order valence-electron chi connectivity index (χ2n) is 4.27. The van der Waals surface area contributed by atoms with Crippen molar-refractivity contribution in [3.63, 3.8) is 0 Å². The Kier molecular flexibility index (Phi) is 5.09. The van der Waals surface area contributed by atoms with Gasteiger partial charge in [-0.3, -0.25) is 0 Å². The predicted octanol–water partition coefficient (Wildman–Crippen LogP) is 5.18. The summed E-state index contributed by atoms with van der Waals surface area (Å²) in [6.07, 6.45) is -2.81. The van der Waals surface area contributed by atoms with Crippen LogP contribution in [0.4, 0.5) is 13.2 Å². The molecular formula is C13H10Cl2F3N3S. The number of thioether (sulfide) groups is 1. The molecule has 2 aromatic rings. The van der Waals surface area contributed by atoms with Gasteiger partial charge in [0, 0.05) is 5.75 Å². The highest BCUT2D eigenvalue weighted by molar-refractivity contribution is 7.99. The maximum atomic E-state index is 12.7. The fourth-order valence-corrected chi connectivity index (χ4v) is 2.96. The molecule has 0 aliphatic rings. The molecular weight excluding hydrogens is 358 g/mol. The molecule has 118 valence electrons. The van der Waals surface area contributed by atoms with Gasteiger partial charge < -0.3 is 0 Å². The zero-order valence-electron chi connectivity index (χ0n) is 11.3. The highest BCUT2D eigenvalue weighted by Crippen LogP contribution is 2.37. The average Bonchev–Trinajstić information content (AvgIpc) is 2.75. The summed E-state index contributed by atoms with van der Waals surface area (Å²) in [6.45, 7) is 5.34. The first-order chi connectivity index (χ1) is 10.2. The van der Waals surface area contributed by atoms with Crippen molar-refractivity contribution in [3.05, 3.63) is 46.1 Å². The average molecular weight is 368 g/mol. The maximum absolute atomic E-state index is 12.7. The van der Waals surface area contributed by atoms with E-state index in [1.807, 2.05) is 0 Å². The van der Waals surface area contributed by atoms with E-state index in [9.17, 15) is 13.2 Å². The standard InChI is InChI=1S/C13H10Cl2F3N3S/c1-3-4-22-12-7(2)19-21(20-12)11-9(14)5-8(6-10(11)15)13(16,17)18/h3,5-6H,1,4H2,2H3. The van der Waals surface area contributed by atoms with E-state index >= 15 is 0 Å². The van der Waals surface area contributed by atoms with Crippen LogP contribution in [0.1, 0.15) is 11.3 Å². The zero-order valence-corrected chi connectivity index (χ0v) is 13.6. The largest absolute Gasteiger partial charge is 0.416 e. The molecule has 0 unspecified atom stereocenters. The molecule has 0 saturated heterocycles. The summed E-state index contributed by atoms with van der Waals surface area (Å²) in [7, 11) is 0. The van der Waals surface area contributed by atoms with Gasteiger partial charge in [0.2, 0.25) is 0 Å². The lowest BCUT2D eigenvalue weighted by Crippen LogP contribution is -2.08. The Labute approximate surface area is 139 Å². The first-order valence-corrected chi connectivity index (χ1v) is 7.72. The van der Waals surface area contributed by atoms with E-state index in [0.29, 0.717) is 16.5 Å². The molecule has 1 heterocycles. The van der Waals surface area contributed by atoms with E-state index in [2.05, 4.69) is 16.8 Å². The highest BCUT2D eigenvalue weighted by atomic mass is 35.5. The first-order valence-electron chi connectivity index (χ1n) is 5.98. The smallest absolute Gasteiger partial charge is 0.166 e. The lowest BCUT2D eigenvalue weighted by Gasteiger charge is -2.11. The Balaban J connectivity index is 2.47. The molecule has 0 fully saturated rings. The number of alkyl halides is 3. The number of nitrogens with zero attached hydrogens (tertiary/aromatic N) is 3. The fraction of sp³-hybridized carbons (Fsp3) is 0.231. The number of hydrogen-bond donors (Lipinski definition) is 0. The number of halogens is 5. The maximum Gasteiger partial charge on any atom is 0.416 e. The summed E-state index contributed by atoms with van der Waals surface area (Å²) in [4.78, 5) is 1.14. The lowest BCUT2D eigenvalue weighted by molar-refractivity contribution is -0.137. The van der Waals surface area contributed by atoms with Crippen LogP contribution < -0.4 is 0 Å². The predicted molar refractivity (Wildman–Crippen MR) is 82.0 cm³/mol. The second kappa shape index (κ2) is 6.52. The SMILES string of the molecule is C=CCSc1nn(-c2c(Cl)cc(C(F)(F)F)cc2Cl)nc1C. The molecule has 0 bridgehead atoms. The van der Waals surface area contributed by atoms with Crippen LogP contribution in [0.25, 0.3) is 5.69 Å². The Morgan fingerprint density at radius 2 is 1.86 bits per heavy atom. The van der Waals surface area contributed by atoms with E-state index in [4.69, 9.17) is 23.2 Å². The molecule has 0 radical (unpaired) electrons. The Bertz CT molecular complexity index is 690. The number of aromatic nitrogens is 3. The molecule has 9 heteroatoms. The monoisotopic (exact) mass is 367 g/mol. The Morgan fingerprint density at radius 1 is 1.27 bits per heavy atom. The topological polar surface area (TPSA) is 30.7 Å². The van der Waals surface area contributed by atoms with Gasteiger partial charge in [-0.2, -0.15) is 18.3 Å². The minimum atomic E-state index is -4.52. The minimum absolute atomic E-state index is 0.116. The van der Waals surface area contributed by atoms with Gasteiger partial charge >= 0.3 is 6.18 Å². The Hall–Kier alpha value is -1.18. The van der Waals surface area contributed by atoms with E-state index in [1.165, 1.54) is 11.8 Å². The second-order valence-corrected chi connectivity index (χ2v) is 6.09. The zero-order chi connectivity index (χ0) is 16.5. The van der Waals surface area contributed by atoms with Crippen molar-refractivity contribution < 1.29 is 13.2 Å². The molecule has 2 rings (SSSR count). The van der Waals surface area contributed by atoms with Gasteiger partial charge in [-0.15, -0.1) is 16.5 Å². The summed E-state index contributed by atoms with van der Waals surface area (Å²) < 4.78 is 38.2. The van der Waals surface area contributed by atoms with Crippen molar-refractivity contribution in [2.45, 2.75) is 18.1 Å². The van der Waals surface area contributed by atoms with Crippen molar-refractivity contribution in [1.82, 2.24) is 15.0 Å². The van der Waals surface area contributed by atoms with Crippen LogP contribution >= 0.6 is 35.0 Å². The van der Waals surface area contributed by atoms with E-state index in [1.54, 1.807) is 13.0 Å². The van der Waals surface area contributed by atoms with E-state index < -0.39 is 11.7 Å². The van der Waals surface area contributed by atoms with Crippen molar-refractivity contribution in [3.8, 4) is 5.69 Å². The van der Waals surface area contributed by atoms with Crippen LogP contribution in [-0.2, 0) is 6.18 Å². The third-order valence-corrected chi connectivity index (χ3v) is 4.25. The van der Waals surface area contributed by atoms with Crippen LogP contribution in [-0.4, -0.2) is 20.7 Å². The molecule has 0 aliphatic heterocycles. The van der Waals surface area contributed by atoms with Crippen molar-refractivity contribution >= 4 is 35.0 Å². The number of benzene rings is 1. The molecule has 0 aliphatic carbocycles. The minimum Gasteiger partial charge on any atom is -0.166 e. The third kappa shape index (κ3) is 3.59. The van der Waals surface area contributed by atoms with Gasteiger partial charge in [-0.25, -0.2) is 0 Å². The van der Waals surface area contributed by atoms with Crippen LogP contribution in [0.15, 0.2) is 29.8 Å². The molecule has 0 saturated carbocycles. The molecule has 1 aromatic heterocycles. The molecule has 0 atom stereocenters. The fourth-order valence-electron chi connectivity index (χ4n) is 1.66. The van der Waals surface area contributed by atoms with Crippen LogP contribution in [0.3, 0.4) is 0 Å². The first kappa shape index (κ1) is 17.2. The molecule has 1 aromatic carbocycles. The summed E-state index contributed by atoms with van der Waals surface area (Å²) in [5, 5.41) is 8.64. The summed E-state index contributed by atoms with van der Waals surface area (Å²) >= 11 is 13.3. The molecule has 0 amide bonds. The normalized spacial score (nSPS) is 11.7. The van der Waals surface area contributed by atoms with Gasteiger partial charge in [0.05, 0.1) is 21.3 Å². The Morgan fingerprint density at radius 3 is 2.36 bits per heavy atom. The van der Waals surface area contributed by atoms with Crippen LogP contribution in [0.2, 0.25) is 10.0 Å². The summed E-state index contributed by atoms with van der Waals surface area (Å²) in [5.74, 6) is 0.633. The summed E-state index contributed by atoms with van der Waals surface area (Å²) in [5.41, 5.74) is -0.180. The molecule has 0 spiro atoms.